The van der Waals surface area contributed by atoms with Crippen molar-refractivity contribution in [1.82, 2.24) is 5.32 Å². The molecular weight excluding hydrogens is 423 g/mol. The molecule has 0 saturated heterocycles. The summed E-state index contributed by atoms with van der Waals surface area (Å²) >= 11 is 7.32. The van der Waals surface area contributed by atoms with Crippen LogP contribution in [-0.4, -0.2) is 17.6 Å². The highest BCUT2D eigenvalue weighted by Gasteiger charge is 2.12. The molecule has 0 atom stereocenters. The topological polar surface area (TPSA) is 50.4 Å². The number of rotatable bonds is 5. The Labute approximate surface area is 154 Å². The number of para-hydroxylation sites is 2. The highest BCUT2D eigenvalue weighted by Crippen LogP contribution is 2.23. The second kappa shape index (κ2) is 8.64. The van der Waals surface area contributed by atoms with E-state index >= 15 is 0 Å². The standard InChI is InChI=1S/C17H15IN2O2S/c1-2-11-22-15-10-6-5-9-14(15)19-17(23)20-16(21)12-7-3-4-8-13(12)18/h2-10H,1,11H2,(H2,19,20,21,23). The maximum Gasteiger partial charge on any atom is 0.258 e. The van der Waals surface area contributed by atoms with Crippen LogP contribution in [0.15, 0.2) is 61.2 Å². The van der Waals surface area contributed by atoms with Crippen molar-refractivity contribution in [3.63, 3.8) is 0 Å². The third-order valence-corrected chi connectivity index (χ3v) is 3.98. The highest BCUT2D eigenvalue weighted by atomic mass is 127. The van der Waals surface area contributed by atoms with Crippen LogP contribution in [0.2, 0.25) is 0 Å². The minimum absolute atomic E-state index is 0.212. The van der Waals surface area contributed by atoms with Crippen LogP contribution in [0.4, 0.5) is 5.69 Å². The molecular formula is C17H15IN2O2S. The van der Waals surface area contributed by atoms with Gasteiger partial charge in [0.25, 0.3) is 5.91 Å². The van der Waals surface area contributed by atoms with E-state index in [-0.39, 0.29) is 11.0 Å². The summed E-state index contributed by atoms with van der Waals surface area (Å²) in [4.78, 5) is 12.2. The van der Waals surface area contributed by atoms with Gasteiger partial charge >= 0.3 is 0 Å². The van der Waals surface area contributed by atoms with Gasteiger partial charge in [0.05, 0.1) is 11.3 Å². The molecule has 4 nitrogen and oxygen atoms in total. The molecule has 6 heteroatoms. The van der Waals surface area contributed by atoms with Crippen LogP contribution in [0.25, 0.3) is 0 Å². The molecule has 0 saturated carbocycles. The van der Waals surface area contributed by atoms with Gasteiger partial charge < -0.3 is 10.1 Å². The summed E-state index contributed by atoms with van der Waals surface area (Å²) in [6, 6.07) is 14.7. The predicted molar refractivity (Wildman–Crippen MR) is 105 cm³/mol. The Balaban J connectivity index is 2.04. The number of hydrogen-bond donors (Lipinski definition) is 2. The first-order chi connectivity index (χ1) is 11.1. The van der Waals surface area contributed by atoms with Crippen molar-refractivity contribution < 1.29 is 9.53 Å². The molecule has 2 aromatic carbocycles. The number of halogens is 1. The van der Waals surface area contributed by atoms with Crippen molar-refractivity contribution >= 4 is 51.5 Å². The Morgan fingerprint density at radius 1 is 1.22 bits per heavy atom. The predicted octanol–water partition coefficient (Wildman–Crippen LogP) is 3.98. The van der Waals surface area contributed by atoms with Gasteiger partial charge in [0.2, 0.25) is 0 Å². The molecule has 0 heterocycles. The Morgan fingerprint density at radius 2 is 1.91 bits per heavy atom. The number of carbonyl (C=O) groups excluding carboxylic acids is 1. The van der Waals surface area contributed by atoms with Crippen LogP contribution >= 0.6 is 34.8 Å². The van der Waals surface area contributed by atoms with Crippen molar-refractivity contribution in [2.24, 2.45) is 0 Å². The van der Waals surface area contributed by atoms with Gasteiger partial charge in [-0.2, -0.15) is 0 Å². The van der Waals surface area contributed by atoms with Crippen LogP contribution in [0.3, 0.4) is 0 Å². The van der Waals surface area contributed by atoms with E-state index in [1.807, 2.05) is 42.5 Å². The van der Waals surface area contributed by atoms with E-state index in [2.05, 4.69) is 39.8 Å². The van der Waals surface area contributed by atoms with Crippen LogP contribution < -0.4 is 15.4 Å². The number of ether oxygens (including phenoxy) is 1. The first kappa shape index (κ1) is 17.4. The molecule has 2 aromatic rings. The second-order valence-electron chi connectivity index (χ2n) is 4.48. The summed E-state index contributed by atoms with van der Waals surface area (Å²) < 4.78 is 6.40. The van der Waals surface area contributed by atoms with E-state index in [9.17, 15) is 4.79 Å². The molecule has 118 valence electrons. The maximum absolute atomic E-state index is 12.2. The fraction of sp³-hybridized carbons (Fsp3) is 0.0588. The summed E-state index contributed by atoms with van der Waals surface area (Å²) in [7, 11) is 0. The van der Waals surface area contributed by atoms with Gasteiger partial charge in [-0.25, -0.2) is 0 Å². The van der Waals surface area contributed by atoms with E-state index < -0.39 is 0 Å². The van der Waals surface area contributed by atoms with Gasteiger partial charge in [-0.15, -0.1) is 0 Å². The zero-order valence-corrected chi connectivity index (χ0v) is 15.2. The molecule has 0 fully saturated rings. The minimum Gasteiger partial charge on any atom is -0.487 e. The number of anilines is 1. The van der Waals surface area contributed by atoms with Crippen molar-refractivity contribution in [3.05, 3.63) is 70.3 Å². The monoisotopic (exact) mass is 438 g/mol. The van der Waals surface area contributed by atoms with E-state index in [1.165, 1.54) is 0 Å². The lowest BCUT2D eigenvalue weighted by molar-refractivity contribution is 0.0977. The van der Waals surface area contributed by atoms with Gasteiger partial charge in [0, 0.05) is 3.57 Å². The number of hydrogen-bond acceptors (Lipinski definition) is 3. The fourth-order valence-electron chi connectivity index (χ4n) is 1.81. The fourth-order valence-corrected chi connectivity index (χ4v) is 2.65. The first-order valence-electron chi connectivity index (χ1n) is 6.81. The third kappa shape index (κ3) is 5.04. The Bertz CT molecular complexity index is 734. The maximum atomic E-state index is 12.2. The normalized spacial score (nSPS) is 9.78. The molecule has 2 N–H and O–H groups in total. The van der Waals surface area contributed by atoms with Crippen LogP contribution in [-0.2, 0) is 0 Å². The molecule has 0 spiro atoms. The average molecular weight is 438 g/mol. The molecule has 23 heavy (non-hydrogen) atoms. The molecule has 0 radical (unpaired) electrons. The molecule has 0 aromatic heterocycles. The molecule has 0 bridgehead atoms. The molecule has 0 unspecified atom stereocenters. The molecule has 0 aliphatic heterocycles. The Morgan fingerprint density at radius 3 is 2.65 bits per heavy atom. The molecule has 0 aliphatic rings. The van der Waals surface area contributed by atoms with Crippen molar-refractivity contribution in [2.45, 2.75) is 0 Å². The molecule has 0 aliphatic carbocycles. The average Bonchev–Trinajstić information content (AvgIpc) is 2.54. The largest absolute Gasteiger partial charge is 0.487 e. The van der Waals surface area contributed by atoms with E-state index in [0.717, 1.165) is 3.57 Å². The lowest BCUT2D eigenvalue weighted by atomic mass is 10.2. The summed E-state index contributed by atoms with van der Waals surface area (Å²) in [5, 5.41) is 5.86. The number of thiocarbonyl (C=S) groups is 1. The highest BCUT2D eigenvalue weighted by molar-refractivity contribution is 14.1. The van der Waals surface area contributed by atoms with Gasteiger partial charge in [0.15, 0.2) is 5.11 Å². The lowest BCUT2D eigenvalue weighted by Crippen LogP contribution is -2.34. The van der Waals surface area contributed by atoms with E-state index in [0.29, 0.717) is 23.6 Å². The summed E-state index contributed by atoms with van der Waals surface area (Å²) in [5.41, 5.74) is 1.26. The van der Waals surface area contributed by atoms with Gasteiger partial charge in [-0.3, -0.25) is 10.1 Å². The van der Waals surface area contributed by atoms with Crippen LogP contribution in [0, 0.1) is 3.57 Å². The number of carbonyl (C=O) groups is 1. The Kier molecular flexibility index (Phi) is 6.54. The zero-order valence-electron chi connectivity index (χ0n) is 12.2. The third-order valence-electron chi connectivity index (χ3n) is 2.84. The number of amides is 1. The lowest BCUT2D eigenvalue weighted by Gasteiger charge is -2.14. The van der Waals surface area contributed by atoms with Gasteiger partial charge in [-0.1, -0.05) is 36.9 Å². The number of benzene rings is 2. The van der Waals surface area contributed by atoms with Crippen LogP contribution in [0.1, 0.15) is 10.4 Å². The second-order valence-corrected chi connectivity index (χ2v) is 6.05. The first-order valence-corrected chi connectivity index (χ1v) is 8.30. The van der Waals surface area contributed by atoms with Gasteiger partial charge in [0.1, 0.15) is 12.4 Å². The summed E-state index contributed by atoms with van der Waals surface area (Å²) in [5.74, 6) is 0.385. The quantitative estimate of drug-likeness (QED) is 0.421. The Hall–Kier alpha value is -1.93. The SMILES string of the molecule is C=CCOc1ccccc1NC(=S)NC(=O)c1ccccc1I. The minimum atomic E-state index is -0.253. The zero-order chi connectivity index (χ0) is 16.7. The number of nitrogens with one attached hydrogen (secondary N) is 2. The summed E-state index contributed by atoms with van der Waals surface area (Å²) in [6.07, 6.45) is 1.66. The molecule has 1 amide bonds. The van der Waals surface area contributed by atoms with E-state index in [4.69, 9.17) is 17.0 Å². The van der Waals surface area contributed by atoms with E-state index in [1.54, 1.807) is 12.1 Å². The van der Waals surface area contributed by atoms with Gasteiger partial charge in [-0.05, 0) is 59.1 Å². The molecule has 2 rings (SSSR count). The van der Waals surface area contributed by atoms with Crippen LogP contribution in [0.5, 0.6) is 5.75 Å². The van der Waals surface area contributed by atoms with Crippen molar-refractivity contribution in [1.29, 1.82) is 0 Å². The van der Waals surface area contributed by atoms with Crippen molar-refractivity contribution in [2.75, 3.05) is 11.9 Å². The van der Waals surface area contributed by atoms with Crippen molar-refractivity contribution in [3.8, 4) is 5.75 Å². The summed E-state index contributed by atoms with van der Waals surface area (Å²) in [6.45, 7) is 4.01. The smallest absolute Gasteiger partial charge is 0.258 e.